The SMILES string of the molecule is CCOCCC(=O)NCC(CC)C(=O)O. The van der Waals surface area contributed by atoms with Crippen LogP contribution in [0, 0.1) is 5.92 Å². The lowest BCUT2D eigenvalue weighted by atomic mass is 10.1. The predicted molar refractivity (Wildman–Crippen MR) is 55.5 cm³/mol. The Morgan fingerprint density at radius 1 is 1.40 bits per heavy atom. The Kier molecular flexibility index (Phi) is 7.62. The normalized spacial score (nSPS) is 12.1. The van der Waals surface area contributed by atoms with Crippen molar-refractivity contribution in [3.05, 3.63) is 0 Å². The molecule has 88 valence electrons. The number of nitrogens with one attached hydrogen (secondary N) is 1. The van der Waals surface area contributed by atoms with Crippen molar-refractivity contribution in [3.8, 4) is 0 Å². The van der Waals surface area contributed by atoms with Gasteiger partial charge in [-0.2, -0.15) is 0 Å². The van der Waals surface area contributed by atoms with Crippen LogP contribution >= 0.6 is 0 Å². The number of carbonyl (C=O) groups excluding carboxylic acids is 1. The molecule has 0 aromatic carbocycles. The highest BCUT2D eigenvalue weighted by atomic mass is 16.5. The molecule has 2 N–H and O–H groups in total. The lowest BCUT2D eigenvalue weighted by Crippen LogP contribution is -2.33. The van der Waals surface area contributed by atoms with Gasteiger partial charge < -0.3 is 15.2 Å². The average molecular weight is 217 g/mol. The van der Waals surface area contributed by atoms with Crippen molar-refractivity contribution < 1.29 is 19.4 Å². The van der Waals surface area contributed by atoms with E-state index in [1.165, 1.54) is 0 Å². The first kappa shape index (κ1) is 13.9. The first-order valence-electron chi connectivity index (χ1n) is 5.19. The molecule has 0 fully saturated rings. The molecule has 0 heterocycles. The van der Waals surface area contributed by atoms with E-state index < -0.39 is 11.9 Å². The monoisotopic (exact) mass is 217 g/mol. The second-order valence-electron chi connectivity index (χ2n) is 3.19. The summed E-state index contributed by atoms with van der Waals surface area (Å²) in [5.41, 5.74) is 0. The molecule has 0 spiro atoms. The Hall–Kier alpha value is -1.10. The summed E-state index contributed by atoms with van der Waals surface area (Å²) in [6.45, 7) is 4.80. The van der Waals surface area contributed by atoms with E-state index >= 15 is 0 Å². The van der Waals surface area contributed by atoms with Gasteiger partial charge in [0.05, 0.1) is 12.5 Å². The Labute approximate surface area is 89.8 Å². The van der Waals surface area contributed by atoms with E-state index in [9.17, 15) is 9.59 Å². The van der Waals surface area contributed by atoms with Crippen LogP contribution in [0.15, 0.2) is 0 Å². The lowest BCUT2D eigenvalue weighted by molar-refractivity contribution is -0.141. The molecule has 1 atom stereocenters. The third kappa shape index (κ3) is 6.90. The van der Waals surface area contributed by atoms with Gasteiger partial charge in [-0.3, -0.25) is 9.59 Å². The number of hydrogen-bond donors (Lipinski definition) is 2. The quantitative estimate of drug-likeness (QED) is 0.585. The van der Waals surface area contributed by atoms with Gasteiger partial charge in [-0.15, -0.1) is 0 Å². The maximum atomic E-state index is 11.2. The van der Waals surface area contributed by atoms with Gasteiger partial charge >= 0.3 is 5.97 Å². The van der Waals surface area contributed by atoms with E-state index in [1.807, 2.05) is 6.92 Å². The zero-order chi connectivity index (χ0) is 11.7. The summed E-state index contributed by atoms with van der Waals surface area (Å²) in [7, 11) is 0. The maximum absolute atomic E-state index is 11.2. The van der Waals surface area contributed by atoms with E-state index in [0.29, 0.717) is 19.6 Å². The van der Waals surface area contributed by atoms with Crippen LogP contribution in [0.4, 0.5) is 0 Å². The van der Waals surface area contributed by atoms with Crippen molar-refractivity contribution >= 4 is 11.9 Å². The van der Waals surface area contributed by atoms with Gasteiger partial charge in [0, 0.05) is 19.6 Å². The summed E-state index contributed by atoms with van der Waals surface area (Å²) in [6, 6.07) is 0. The summed E-state index contributed by atoms with van der Waals surface area (Å²) < 4.78 is 5.01. The van der Waals surface area contributed by atoms with Crippen molar-refractivity contribution in [1.29, 1.82) is 0 Å². The topological polar surface area (TPSA) is 75.6 Å². The Bertz CT molecular complexity index is 206. The molecule has 0 aromatic rings. The molecule has 0 aliphatic heterocycles. The molecular formula is C10H19NO4. The van der Waals surface area contributed by atoms with Gasteiger partial charge in [0.25, 0.3) is 0 Å². The summed E-state index contributed by atoms with van der Waals surface area (Å²) in [6.07, 6.45) is 0.797. The molecule has 1 unspecified atom stereocenters. The van der Waals surface area contributed by atoms with E-state index in [4.69, 9.17) is 9.84 Å². The summed E-state index contributed by atoms with van der Waals surface area (Å²) in [4.78, 5) is 21.8. The highest BCUT2D eigenvalue weighted by molar-refractivity contribution is 5.77. The summed E-state index contributed by atoms with van der Waals surface area (Å²) in [5, 5.41) is 11.3. The predicted octanol–water partition coefficient (Wildman–Crippen LogP) is 0.640. The highest BCUT2D eigenvalue weighted by Gasteiger charge is 2.15. The van der Waals surface area contributed by atoms with Crippen LogP contribution in [0.5, 0.6) is 0 Å². The second kappa shape index (κ2) is 8.23. The minimum absolute atomic E-state index is 0.164. The minimum atomic E-state index is -0.873. The molecular weight excluding hydrogens is 198 g/mol. The standard InChI is InChI=1S/C10H19NO4/c1-3-8(10(13)14)7-11-9(12)5-6-15-4-2/h8H,3-7H2,1-2H3,(H,11,12)(H,13,14). The van der Waals surface area contributed by atoms with Gasteiger partial charge in [-0.05, 0) is 13.3 Å². The van der Waals surface area contributed by atoms with Gasteiger partial charge in [-0.1, -0.05) is 6.92 Å². The van der Waals surface area contributed by atoms with E-state index in [-0.39, 0.29) is 18.9 Å². The molecule has 0 rings (SSSR count). The zero-order valence-corrected chi connectivity index (χ0v) is 9.28. The fraction of sp³-hybridized carbons (Fsp3) is 0.800. The van der Waals surface area contributed by atoms with Crippen molar-refractivity contribution in [3.63, 3.8) is 0 Å². The Balaban J connectivity index is 3.64. The van der Waals surface area contributed by atoms with Crippen LogP contribution in [0.1, 0.15) is 26.7 Å². The third-order valence-corrected chi connectivity index (χ3v) is 2.07. The van der Waals surface area contributed by atoms with Crippen LogP contribution in [-0.2, 0) is 14.3 Å². The number of ether oxygens (including phenoxy) is 1. The van der Waals surface area contributed by atoms with Crippen molar-refractivity contribution in [2.75, 3.05) is 19.8 Å². The molecule has 0 saturated heterocycles. The fourth-order valence-corrected chi connectivity index (χ4v) is 1.04. The minimum Gasteiger partial charge on any atom is -0.481 e. The molecule has 5 nitrogen and oxygen atoms in total. The molecule has 0 radical (unpaired) electrons. The van der Waals surface area contributed by atoms with E-state index in [0.717, 1.165) is 0 Å². The largest absolute Gasteiger partial charge is 0.481 e. The molecule has 0 aromatic heterocycles. The Morgan fingerprint density at radius 2 is 2.07 bits per heavy atom. The fourth-order valence-electron chi connectivity index (χ4n) is 1.04. The van der Waals surface area contributed by atoms with Gasteiger partial charge in [0.2, 0.25) is 5.91 Å². The lowest BCUT2D eigenvalue weighted by Gasteiger charge is -2.10. The molecule has 5 heteroatoms. The molecule has 0 saturated carbocycles. The van der Waals surface area contributed by atoms with Crippen molar-refractivity contribution in [1.82, 2.24) is 5.32 Å². The first-order valence-corrected chi connectivity index (χ1v) is 5.19. The Morgan fingerprint density at radius 3 is 2.53 bits per heavy atom. The zero-order valence-electron chi connectivity index (χ0n) is 9.28. The van der Waals surface area contributed by atoms with Crippen molar-refractivity contribution in [2.24, 2.45) is 5.92 Å². The van der Waals surface area contributed by atoms with Crippen molar-refractivity contribution in [2.45, 2.75) is 26.7 Å². The van der Waals surface area contributed by atoms with Crippen LogP contribution < -0.4 is 5.32 Å². The van der Waals surface area contributed by atoms with Crippen LogP contribution in [0.25, 0.3) is 0 Å². The molecule has 0 aliphatic carbocycles. The van der Waals surface area contributed by atoms with E-state index in [1.54, 1.807) is 6.92 Å². The van der Waals surface area contributed by atoms with E-state index in [2.05, 4.69) is 5.32 Å². The van der Waals surface area contributed by atoms with Crippen LogP contribution in [0.3, 0.4) is 0 Å². The summed E-state index contributed by atoms with van der Waals surface area (Å²) >= 11 is 0. The molecule has 0 aliphatic rings. The number of aliphatic carboxylic acids is 1. The maximum Gasteiger partial charge on any atom is 0.308 e. The summed E-state index contributed by atoms with van der Waals surface area (Å²) in [5.74, 6) is -1.54. The highest BCUT2D eigenvalue weighted by Crippen LogP contribution is 2.00. The second-order valence-corrected chi connectivity index (χ2v) is 3.19. The molecule has 1 amide bonds. The van der Waals surface area contributed by atoms with Gasteiger partial charge in [-0.25, -0.2) is 0 Å². The number of carboxylic acid groups (broad SMARTS) is 1. The molecule has 0 bridgehead atoms. The number of amides is 1. The number of rotatable bonds is 8. The average Bonchev–Trinajstić information content (AvgIpc) is 2.18. The third-order valence-electron chi connectivity index (χ3n) is 2.07. The van der Waals surface area contributed by atoms with Gasteiger partial charge in [0.1, 0.15) is 0 Å². The van der Waals surface area contributed by atoms with Crippen LogP contribution in [-0.4, -0.2) is 36.7 Å². The van der Waals surface area contributed by atoms with Crippen LogP contribution in [0.2, 0.25) is 0 Å². The smallest absolute Gasteiger partial charge is 0.308 e. The number of carboxylic acids is 1. The number of hydrogen-bond acceptors (Lipinski definition) is 3. The first-order chi connectivity index (χ1) is 7.11. The van der Waals surface area contributed by atoms with Gasteiger partial charge in [0.15, 0.2) is 0 Å². The number of carbonyl (C=O) groups is 2. The molecule has 15 heavy (non-hydrogen) atoms.